The maximum atomic E-state index is 13.0. The monoisotopic (exact) mass is 264 g/mol. The van der Waals surface area contributed by atoms with Crippen LogP contribution in [0.2, 0.25) is 0 Å². The molecule has 1 aliphatic heterocycles. The average Bonchev–Trinajstić information content (AvgIpc) is 2.37. The van der Waals surface area contributed by atoms with Crippen molar-refractivity contribution in [1.82, 2.24) is 10.2 Å². The number of nitrogens with one attached hydrogen (secondary N) is 1. The summed E-state index contributed by atoms with van der Waals surface area (Å²) in [5.41, 5.74) is 1.25. The fraction of sp³-hybridized carbons (Fsp3) is 0.533. The molecule has 0 unspecified atom stereocenters. The molecule has 0 aliphatic carbocycles. The van der Waals surface area contributed by atoms with Crippen LogP contribution >= 0.6 is 0 Å². The molecule has 0 saturated carbocycles. The lowest BCUT2D eigenvalue weighted by Gasteiger charge is -2.29. The lowest BCUT2D eigenvalue weighted by atomic mass is 9.97. The summed E-state index contributed by atoms with van der Waals surface area (Å²) in [6, 6.07) is 4.27. The minimum atomic E-state index is -0.302. The first kappa shape index (κ1) is 14.0. The molecule has 1 saturated heterocycles. The highest BCUT2D eigenvalue weighted by Crippen LogP contribution is 2.15. The quantitative estimate of drug-likeness (QED) is 0.907. The molecule has 1 heterocycles. The van der Waals surface area contributed by atoms with Crippen LogP contribution in [0.5, 0.6) is 0 Å². The molecule has 1 fully saturated rings. The number of carbonyl (C=O) groups is 1. The smallest absolute Gasteiger partial charge is 0.251 e. The number of piperidine rings is 1. The van der Waals surface area contributed by atoms with Crippen LogP contribution in [0.4, 0.5) is 4.39 Å². The molecular formula is C15H21FN2O. The Morgan fingerprint density at radius 3 is 2.74 bits per heavy atom. The van der Waals surface area contributed by atoms with E-state index in [9.17, 15) is 9.18 Å². The second kappa shape index (κ2) is 6.15. The van der Waals surface area contributed by atoms with Crippen molar-refractivity contribution in [3.05, 3.63) is 35.1 Å². The Bertz CT molecular complexity index is 453. The molecule has 1 N–H and O–H groups in total. The second-order valence-electron chi connectivity index (χ2n) is 5.42. The van der Waals surface area contributed by atoms with Crippen molar-refractivity contribution in [2.45, 2.75) is 19.8 Å². The van der Waals surface area contributed by atoms with Crippen LogP contribution < -0.4 is 5.32 Å². The SMILES string of the molecule is Cc1cc(F)ccc1C(=O)NCC1CCN(C)CC1. The Kier molecular flexibility index (Phi) is 4.53. The Hall–Kier alpha value is -1.42. The van der Waals surface area contributed by atoms with E-state index in [0.717, 1.165) is 25.9 Å². The van der Waals surface area contributed by atoms with Crippen LogP contribution in [0, 0.1) is 18.7 Å². The van der Waals surface area contributed by atoms with Crippen LogP contribution in [-0.4, -0.2) is 37.5 Å². The number of rotatable bonds is 3. The fourth-order valence-electron chi connectivity index (χ4n) is 2.48. The molecule has 1 aliphatic rings. The molecule has 19 heavy (non-hydrogen) atoms. The zero-order valence-corrected chi connectivity index (χ0v) is 11.6. The molecule has 3 nitrogen and oxygen atoms in total. The van der Waals surface area contributed by atoms with E-state index < -0.39 is 0 Å². The van der Waals surface area contributed by atoms with Crippen molar-refractivity contribution >= 4 is 5.91 Å². The third-order valence-corrected chi connectivity index (χ3v) is 3.82. The van der Waals surface area contributed by atoms with Gasteiger partial charge in [-0.2, -0.15) is 0 Å². The van der Waals surface area contributed by atoms with E-state index in [1.165, 1.54) is 12.1 Å². The van der Waals surface area contributed by atoms with Gasteiger partial charge < -0.3 is 10.2 Å². The molecule has 0 atom stereocenters. The number of amides is 1. The average molecular weight is 264 g/mol. The standard InChI is InChI=1S/C15H21FN2O/c1-11-9-13(16)3-4-14(11)15(19)17-10-12-5-7-18(2)8-6-12/h3-4,9,12H,5-8,10H2,1-2H3,(H,17,19). The number of aryl methyl sites for hydroxylation is 1. The fourth-order valence-corrected chi connectivity index (χ4v) is 2.48. The minimum absolute atomic E-state index is 0.101. The number of carbonyl (C=O) groups excluding carboxylic acids is 1. The Balaban J connectivity index is 1.87. The van der Waals surface area contributed by atoms with Crippen LogP contribution in [0.3, 0.4) is 0 Å². The zero-order chi connectivity index (χ0) is 13.8. The van der Waals surface area contributed by atoms with Crippen LogP contribution in [-0.2, 0) is 0 Å². The van der Waals surface area contributed by atoms with Gasteiger partial charge in [-0.15, -0.1) is 0 Å². The van der Waals surface area contributed by atoms with Crippen molar-refractivity contribution in [2.24, 2.45) is 5.92 Å². The van der Waals surface area contributed by atoms with Crippen LogP contribution in [0.25, 0.3) is 0 Å². The summed E-state index contributed by atoms with van der Waals surface area (Å²) < 4.78 is 13.0. The van der Waals surface area contributed by atoms with Crippen molar-refractivity contribution in [2.75, 3.05) is 26.7 Å². The van der Waals surface area contributed by atoms with Gasteiger partial charge in [-0.1, -0.05) is 0 Å². The summed E-state index contributed by atoms with van der Waals surface area (Å²) in [5.74, 6) is 0.154. The first-order valence-corrected chi connectivity index (χ1v) is 6.79. The van der Waals surface area contributed by atoms with E-state index in [2.05, 4.69) is 17.3 Å². The number of hydrogen-bond acceptors (Lipinski definition) is 2. The minimum Gasteiger partial charge on any atom is -0.352 e. The van der Waals surface area contributed by atoms with Crippen molar-refractivity contribution in [3.8, 4) is 0 Å². The zero-order valence-electron chi connectivity index (χ0n) is 11.6. The normalized spacial score (nSPS) is 17.4. The van der Waals surface area contributed by atoms with Crippen LogP contribution in [0.1, 0.15) is 28.8 Å². The predicted molar refractivity (Wildman–Crippen MR) is 73.7 cm³/mol. The van der Waals surface area contributed by atoms with E-state index >= 15 is 0 Å². The number of nitrogens with zero attached hydrogens (tertiary/aromatic N) is 1. The van der Waals surface area contributed by atoms with Gasteiger partial charge in [0.05, 0.1) is 0 Å². The molecular weight excluding hydrogens is 243 g/mol. The maximum Gasteiger partial charge on any atom is 0.251 e. The topological polar surface area (TPSA) is 32.3 Å². The first-order chi connectivity index (χ1) is 9.06. The molecule has 1 aromatic rings. The highest BCUT2D eigenvalue weighted by Gasteiger charge is 2.18. The summed E-state index contributed by atoms with van der Waals surface area (Å²) in [4.78, 5) is 14.3. The Labute approximate surface area is 113 Å². The Morgan fingerprint density at radius 1 is 1.42 bits per heavy atom. The lowest BCUT2D eigenvalue weighted by molar-refractivity contribution is 0.0938. The molecule has 1 amide bonds. The van der Waals surface area contributed by atoms with E-state index in [-0.39, 0.29) is 11.7 Å². The third kappa shape index (κ3) is 3.77. The van der Waals surface area contributed by atoms with Gasteiger partial charge in [0.2, 0.25) is 0 Å². The van der Waals surface area contributed by atoms with Gasteiger partial charge in [0, 0.05) is 12.1 Å². The molecule has 104 valence electrons. The van der Waals surface area contributed by atoms with Crippen molar-refractivity contribution in [1.29, 1.82) is 0 Å². The van der Waals surface area contributed by atoms with Gasteiger partial charge in [-0.05, 0) is 69.6 Å². The van der Waals surface area contributed by atoms with Gasteiger partial charge >= 0.3 is 0 Å². The molecule has 2 rings (SSSR count). The van der Waals surface area contributed by atoms with Gasteiger partial charge in [0.25, 0.3) is 5.91 Å². The number of likely N-dealkylation sites (tertiary alicyclic amines) is 1. The largest absolute Gasteiger partial charge is 0.352 e. The molecule has 0 aromatic heterocycles. The van der Waals surface area contributed by atoms with E-state index in [4.69, 9.17) is 0 Å². The third-order valence-electron chi connectivity index (χ3n) is 3.82. The number of hydrogen-bond donors (Lipinski definition) is 1. The number of benzene rings is 1. The van der Waals surface area contributed by atoms with Gasteiger partial charge in [0.15, 0.2) is 0 Å². The maximum absolute atomic E-state index is 13.0. The molecule has 1 aromatic carbocycles. The summed E-state index contributed by atoms with van der Waals surface area (Å²) in [6.45, 7) is 4.66. The van der Waals surface area contributed by atoms with Gasteiger partial charge in [-0.25, -0.2) is 4.39 Å². The predicted octanol–water partition coefficient (Wildman–Crippen LogP) is 2.21. The van der Waals surface area contributed by atoms with E-state index in [1.807, 2.05) is 0 Å². The highest BCUT2D eigenvalue weighted by molar-refractivity contribution is 5.95. The second-order valence-corrected chi connectivity index (χ2v) is 5.42. The summed E-state index contributed by atoms with van der Waals surface area (Å²) in [6.07, 6.45) is 2.25. The summed E-state index contributed by atoms with van der Waals surface area (Å²) in [7, 11) is 2.12. The molecule has 0 radical (unpaired) electrons. The summed E-state index contributed by atoms with van der Waals surface area (Å²) >= 11 is 0. The van der Waals surface area contributed by atoms with E-state index in [1.54, 1.807) is 13.0 Å². The van der Waals surface area contributed by atoms with E-state index in [0.29, 0.717) is 23.6 Å². The van der Waals surface area contributed by atoms with Crippen molar-refractivity contribution in [3.63, 3.8) is 0 Å². The Morgan fingerprint density at radius 2 is 2.11 bits per heavy atom. The van der Waals surface area contributed by atoms with Crippen LogP contribution in [0.15, 0.2) is 18.2 Å². The molecule has 4 heteroatoms. The lowest BCUT2D eigenvalue weighted by Crippen LogP contribution is -2.37. The summed E-state index contributed by atoms with van der Waals surface area (Å²) in [5, 5.41) is 2.96. The van der Waals surface area contributed by atoms with Gasteiger partial charge in [-0.3, -0.25) is 4.79 Å². The molecule has 0 spiro atoms. The number of halogens is 1. The van der Waals surface area contributed by atoms with Crippen molar-refractivity contribution < 1.29 is 9.18 Å². The highest BCUT2D eigenvalue weighted by atomic mass is 19.1. The first-order valence-electron chi connectivity index (χ1n) is 6.79. The van der Waals surface area contributed by atoms with Gasteiger partial charge in [0.1, 0.15) is 5.82 Å². The molecule has 0 bridgehead atoms.